The largest absolute Gasteiger partial charge is 0.465 e. The number of aromatic nitrogens is 2. The molecule has 1 aromatic heterocycles. The van der Waals surface area contributed by atoms with Crippen LogP contribution in [-0.2, 0) is 25.6 Å². The SMILES string of the molecule is CCCn1cc(Cl)c(C(=O)N2CCC(COC(C)=O)(CC(=O)N3CCOCC3)CC2)n1. The second-order valence-corrected chi connectivity index (χ2v) is 8.74. The van der Waals surface area contributed by atoms with Crippen molar-refractivity contribution in [2.45, 2.75) is 46.1 Å². The molecule has 0 bridgehead atoms. The third kappa shape index (κ3) is 5.98. The van der Waals surface area contributed by atoms with Crippen LogP contribution in [0.4, 0.5) is 0 Å². The smallest absolute Gasteiger partial charge is 0.302 e. The molecule has 1 aromatic rings. The number of amides is 2. The number of carbonyl (C=O) groups is 3. The Labute approximate surface area is 187 Å². The highest BCUT2D eigenvalue weighted by Crippen LogP contribution is 2.37. The first-order chi connectivity index (χ1) is 14.8. The number of nitrogens with zero attached hydrogens (tertiary/aromatic N) is 4. The Balaban J connectivity index is 1.66. The summed E-state index contributed by atoms with van der Waals surface area (Å²) in [6, 6.07) is 0. The van der Waals surface area contributed by atoms with Crippen molar-refractivity contribution in [3.8, 4) is 0 Å². The number of aryl methyl sites for hydroxylation is 1. The molecule has 2 saturated heterocycles. The number of ether oxygens (including phenoxy) is 2. The van der Waals surface area contributed by atoms with E-state index in [2.05, 4.69) is 5.10 Å². The van der Waals surface area contributed by atoms with Crippen molar-refractivity contribution in [1.82, 2.24) is 19.6 Å². The van der Waals surface area contributed by atoms with Crippen molar-refractivity contribution < 1.29 is 23.9 Å². The molecule has 0 aliphatic carbocycles. The molecule has 0 radical (unpaired) electrons. The summed E-state index contributed by atoms with van der Waals surface area (Å²) in [7, 11) is 0. The number of esters is 1. The molecule has 0 atom stereocenters. The normalized spacial score (nSPS) is 18.7. The van der Waals surface area contributed by atoms with Crippen LogP contribution in [-0.4, -0.2) is 83.4 Å². The van der Waals surface area contributed by atoms with Crippen LogP contribution < -0.4 is 0 Å². The maximum atomic E-state index is 13.0. The lowest BCUT2D eigenvalue weighted by Gasteiger charge is -2.42. The van der Waals surface area contributed by atoms with Gasteiger partial charge in [-0.3, -0.25) is 19.1 Å². The number of halogens is 1. The zero-order chi connectivity index (χ0) is 22.4. The Morgan fingerprint density at radius 3 is 2.45 bits per heavy atom. The fraction of sp³-hybridized carbons (Fsp3) is 0.714. The summed E-state index contributed by atoms with van der Waals surface area (Å²) >= 11 is 6.24. The molecule has 31 heavy (non-hydrogen) atoms. The zero-order valence-corrected chi connectivity index (χ0v) is 19.0. The number of carbonyl (C=O) groups excluding carboxylic acids is 3. The summed E-state index contributed by atoms with van der Waals surface area (Å²) in [5.41, 5.74) is -0.226. The first kappa shape index (κ1) is 23.5. The molecule has 2 amide bonds. The predicted molar refractivity (Wildman–Crippen MR) is 114 cm³/mol. The van der Waals surface area contributed by atoms with E-state index in [1.165, 1.54) is 6.92 Å². The van der Waals surface area contributed by atoms with Gasteiger partial charge in [0, 0.05) is 57.7 Å². The number of morpholine rings is 1. The van der Waals surface area contributed by atoms with Crippen LogP contribution in [0.2, 0.25) is 5.02 Å². The molecule has 2 fully saturated rings. The number of hydrogen-bond acceptors (Lipinski definition) is 6. The first-order valence-electron chi connectivity index (χ1n) is 10.8. The van der Waals surface area contributed by atoms with Crippen LogP contribution in [0.3, 0.4) is 0 Å². The minimum absolute atomic E-state index is 0.0385. The standard InChI is InChI=1S/C21H31ClN4O5/c1-3-6-26-14-17(22)19(23-26)20(29)25-7-4-21(5-8-25,15-31-16(2)27)13-18(28)24-9-11-30-12-10-24/h14H,3-13,15H2,1-2H3. The number of rotatable bonds is 7. The van der Waals surface area contributed by atoms with E-state index in [0.717, 1.165) is 6.42 Å². The molecule has 172 valence electrons. The van der Waals surface area contributed by atoms with Crippen molar-refractivity contribution in [1.29, 1.82) is 0 Å². The summed E-state index contributed by atoms with van der Waals surface area (Å²) in [6.45, 7) is 7.40. The Bertz CT molecular complexity index is 798. The predicted octanol–water partition coefficient (Wildman–Crippen LogP) is 1.98. The van der Waals surface area contributed by atoms with Crippen molar-refractivity contribution >= 4 is 29.4 Å². The van der Waals surface area contributed by atoms with Crippen molar-refractivity contribution in [3.05, 3.63) is 16.9 Å². The van der Waals surface area contributed by atoms with E-state index in [1.54, 1.807) is 20.7 Å². The van der Waals surface area contributed by atoms with Gasteiger partial charge in [0.15, 0.2) is 5.69 Å². The second kappa shape index (κ2) is 10.5. The number of hydrogen-bond donors (Lipinski definition) is 0. The molecule has 2 aliphatic heterocycles. The summed E-state index contributed by atoms with van der Waals surface area (Å²) < 4.78 is 12.3. The summed E-state index contributed by atoms with van der Waals surface area (Å²) in [5, 5.41) is 4.68. The van der Waals surface area contributed by atoms with Crippen molar-refractivity contribution in [2.24, 2.45) is 5.41 Å². The highest BCUT2D eigenvalue weighted by Gasteiger charge is 2.40. The molecule has 2 aliphatic rings. The van der Waals surface area contributed by atoms with Gasteiger partial charge < -0.3 is 19.3 Å². The molecule has 9 nitrogen and oxygen atoms in total. The maximum Gasteiger partial charge on any atom is 0.302 e. The Morgan fingerprint density at radius 1 is 1.16 bits per heavy atom. The average molecular weight is 455 g/mol. The van der Waals surface area contributed by atoms with Gasteiger partial charge in [-0.25, -0.2) is 0 Å². The van der Waals surface area contributed by atoms with E-state index >= 15 is 0 Å². The van der Waals surface area contributed by atoms with Gasteiger partial charge in [-0.2, -0.15) is 5.10 Å². The van der Waals surface area contributed by atoms with Gasteiger partial charge in [0.2, 0.25) is 5.91 Å². The lowest BCUT2D eigenvalue weighted by molar-refractivity contribution is -0.150. The number of piperidine rings is 1. The molecule has 0 spiro atoms. The molecule has 0 unspecified atom stereocenters. The van der Waals surface area contributed by atoms with Crippen LogP contribution >= 0.6 is 11.6 Å². The first-order valence-corrected chi connectivity index (χ1v) is 11.2. The topological polar surface area (TPSA) is 94.0 Å². The van der Waals surface area contributed by atoms with E-state index in [1.807, 2.05) is 6.92 Å². The van der Waals surface area contributed by atoms with Gasteiger partial charge in [0.1, 0.15) is 0 Å². The van der Waals surface area contributed by atoms with Gasteiger partial charge in [-0.05, 0) is 19.3 Å². The Hall–Kier alpha value is -2.13. The minimum Gasteiger partial charge on any atom is -0.465 e. The quantitative estimate of drug-likeness (QED) is 0.585. The fourth-order valence-electron chi connectivity index (χ4n) is 4.09. The van der Waals surface area contributed by atoms with E-state index < -0.39 is 5.41 Å². The number of likely N-dealkylation sites (tertiary alicyclic amines) is 1. The lowest BCUT2D eigenvalue weighted by atomic mass is 9.75. The third-order valence-corrected chi connectivity index (χ3v) is 6.23. The molecule has 10 heteroatoms. The average Bonchev–Trinajstić information content (AvgIpc) is 3.13. The van der Waals surface area contributed by atoms with Crippen molar-refractivity contribution in [2.75, 3.05) is 46.0 Å². The summed E-state index contributed by atoms with van der Waals surface area (Å²) in [4.78, 5) is 40.8. The summed E-state index contributed by atoms with van der Waals surface area (Å²) in [5.74, 6) is -0.540. The molecule has 0 saturated carbocycles. The van der Waals surface area contributed by atoms with E-state index in [9.17, 15) is 14.4 Å². The van der Waals surface area contributed by atoms with Gasteiger partial charge >= 0.3 is 5.97 Å². The molecular formula is C21H31ClN4O5. The van der Waals surface area contributed by atoms with Crippen molar-refractivity contribution in [3.63, 3.8) is 0 Å². The fourth-order valence-corrected chi connectivity index (χ4v) is 4.32. The van der Waals surface area contributed by atoms with Crippen LogP contribution in [0.25, 0.3) is 0 Å². The molecular weight excluding hydrogens is 424 g/mol. The molecule has 0 aromatic carbocycles. The molecule has 3 heterocycles. The maximum absolute atomic E-state index is 13.0. The van der Waals surface area contributed by atoms with Gasteiger partial charge in [0.05, 0.1) is 24.8 Å². The monoisotopic (exact) mass is 454 g/mol. The minimum atomic E-state index is -0.483. The van der Waals surface area contributed by atoms with E-state index in [4.69, 9.17) is 21.1 Å². The Kier molecular flexibility index (Phi) is 7.94. The molecule has 3 rings (SSSR count). The summed E-state index contributed by atoms with van der Waals surface area (Å²) in [6.07, 6.45) is 3.98. The second-order valence-electron chi connectivity index (χ2n) is 8.33. The van der Waals surface area contributed by atoms with Gasteiger partial charge in [-0.15, -0.1) is 0 Å². The molecule has 0 N–H and O–H groups in total. The van der Waals surface area contributed by atoms with E-state index in [0.29, 0.717) is 63.8 Å². The van der Waals surface area contributed by atoms with Crippen LogP contribution in [0, 0.1) is 5.41 Å². The van der Waals surface area contributed by atoms with Gasteiger partial charge in [-0.1, -0.05) is 18.5 Å². The third-order valence-electron chi connectivity index (χ3n) is 5.96. The Morgan fingerprint density at radius 2 is 1.84 bits per heavy atom. The highest BCUT2D eigenvalue weighted by molar-refractivity contribution is 6.33. The highest BCUT2D eigenvalue weighted by atomic mass is 35.5. The van der Waals surface area contributed by atoms with Gasteiger partial charge in [0.25, 0.3) is 5.91 Å². The van der Waals surface area contributed by atoms with Crippen LogP contribution in [0.15, 0.2) is 6.20 Å². The lowest BCUT2D eigenvalue weighted by Crippen LogP contribution is -2.49. The zero-order valence-electron chi connectivity index (χ0n) is 18.3. The van der Waals surface area contributed by atoms with E-state index in [-0.39, 0.29) is 36.5 Å². The van der Waals surface area contributed by atoms with Crippen LogP contribution in [0.5, 0.6) is 0 Å². The van der Waals surface area contributed by atoms with Crippen LogP contribution in [0.1, 0.15) is 50.0 Å².